The average molecular weight is 198 g/mol. The second kappa shape index (κ2) is 9.74. The Bertz CT molecular complexity index is 126. The maximum absolute atomic E-state index is 5.58. The smallest absolute Gasteiger partial charge is 0.161 e. The van der Waals surface area contributed by atoms with Crippen LogP contribution in [0.3, 0.4) is 0 Å². The zero-order chi connectivity index (χ0) is 9.94. The van der Waals surface area contributed by atoms with E-state index in [9.17, 15) is 0 Å². The quantitative estimate of drug-likeness (QED) is 0.314. The third kappa shape index (κ3) is 8.00. The summed E-state index contributed by atoms with van der Waals surface area (Å²) in [5, 5.41) is 0. The fraction of sp³-hybridized carbons (Fsp3) is 0.636. The predicted octanol–water partition coefficient (Wildman–Crippen LogP) is 2.68. The van der Waals surface area contributed by atoms with Gasteiger partial charge in [-0.05, 0) is 24.8 Å². The van der Waals surface area contributed by atoms with Crippen LogP contribution >= 0.6 is 0 Å². The van der Waals surface area contributed by atoms with Gasteiger partial charge in [0.2, 0.25) is 0 Å². The van der Waals surface area contributed by atoms with Crippen LogP contribution in [0.25, 0.3) is 0 Å². The predicted molar refractivity (Wildman–Crippen MR) is 62.7 cm³/mol. The molecule has 0 aromatic heterocycles. The Morgan fingerprint density at radius 1 is 1.38 bits per heavy atom. The Hall–Kier alpha value is -0.343. The van der Waals surface area contributed by atoms with Crippen molar-refractivity contribution in [3.05, 3.63) is 25.3 Å². The SMILES string of the molecule is C=CC(C=C)CCCO[SiH2]CCC. The maximum atomic E-state index is 5.58. The zero-order valence-electron chi connectivity index (χ0n) is 8.80. The molecule has 0 saturated carbocycles. The molecular weight excluding hydrogens is 176 g/mol. The fourth-order valence-corrected chi connectivity index (χ4v) is 2.00. The topological polar surface area (TPSA) is 9.23 Å². The van der Waals surface area contributed by atoms with Gasteiger partial charge >= 0.3 is 0 Å². The largest absolute Gasteiger partial charge is 0.424 e. The van der Waals surface area contributed by atoms with E-state index in [2.05, 4.69) is 20.1 Å². The monoisotopic (exact) mass is 198 g/mol. The number of hydrogen-bond donors (Lipinski definition) is 0. The van der Waals surface area contributed by atoms with Gasteiger partial charge in [0.1, 0.15) is 0 Å². The van der Waals surface area contributed by atoms with E-state index in [0.717, 1.165) is 19.4 Å². The number of allylic oxidation sites excluding steroid dienone is 2. The van der Waals surface area contributed by atoms with E-state index < -0.39 is 0 Å². The minimum Gasteiger partial charge on any atom is -0.424 e. The second-order valence-electron chi connectivity index (χ2n) is 3.24. The molecule has 0 aromatic carbocycles. The van der Waals surface area contributed by atoms with E-state index >= 15 is 0 Å². The first kappa shape index (κ1) is 12.7. The minimum absolute atomic E-state index is 0.198. The van der Waals surface area contributed by atoms with Crippen molar-refractivity contribution < 1.29 is 4.43 Å². The molecule has 0 saturated heterocycles. The normalized spacial score (nSPS) is 11.2. The lowest BCUT2D eigenvalue weighted by atomic mass is 10.0. The number of hydrogen-bond acceptors (Lipinski definition) is 1. The summed E-state index contributed by atoms with van der Waals surface area (Å²) in [5.74, 6) is 0.469. The van der Waals surface area contributed by atoms with Crippen LogP contribution in [0.15, 0.2) is 25.3 Å². The highest BCUT2D eigenvalue weighted by molar-refractivity contribution is 6.26. The van der Waals surface area contributed by atoms with Crippen LogP contribution in [0, 0.1) is 5.92 Å². The lowest BCUT2D eigenvalue weighted by molar-refractivity contribution is 0.318. The van der Waals surface area contributed by atoms with Crippen LogP contribution in [0.1, 0.15) is 26.2 Å². The summed E-state index contributed by atoms with van der Waals surface area (Å²) in [7, 11) is -0.198. The van der Waals surface area contributed by atoms with E-state index in [4.69, 9.17) is 4.43 Å². The van der Waals surface area contributed by atoms with Gasteiger partial charge in [-0.1, -0.05) is 25.5 Å². The van der Waals surface area contributed by atoms with Crippen LogP contribution in [-0.2, 0) is 4.43 Å². The Labute approximate surface area is 84.8 Å². The van der Waals surface area contributed by atoms with Gasteiger partial charge in [-0.25, -0.2) is 0 Å². The highest BCUT2D eigenvalue weighted by Gasteiger charge is 1.97. The van der Waals surface area contributed by atoms with Gasteiger partial charge in [0, 0.05) is 6.61 Å². The molecule has 0 fully saturated rings. The standard InChI is InChI=1S/C11H22OSi/c1-4-10-13-12-9-7-8-11(5-2)6-3/h5-6,11H,2-4,7-10,13H2,1H3. The van der Waals surface area contributed by atoms with E-state index in [1.165, 1.54) is 12.5 Å². The molecule has 0 bridgehead atoms. The van der Waals surface area contributed by atoms with Crippen molar-refractivity contribution in [2.75, 3.05) is 6.61 Å². The van der Waals surface area contributed by atoms with Gasteiger partial charge in [0.15, 0.2) is 9.76 Å². The van der Waals surface area contributed by atoms with Gasteiger partial charge in [-0.15, -0.1) is 13.2 Å². The minimum atomic E-state index is -0.198. The lowest BCUT2D eigenvalue weighted by Crippen LogP contribution is -2.01. The molecule has 13 heavy (non-hydrogen) atoms. The van der Waals surface area contributed by atoms with Gasteiger partial charge < -0.3 is 4.43 Å². The van der Waals surface area contributed by atoms with Crippen molar-refractivity contribution in [2.45, 2.75) is 32.2 Å². The Kier molecular flexibility index (Phi) is 9.49. The van der Waals surface area contributed by atoms with Crippen LogP contribution in [0.4, 0.5) is 0 Å². The van der Waals surface area contributed by atoms with Crippen LogP contribution in [0.5, 0.6) is 0 Å². The van der Waals surface area contributed by atoms with Crippen LogP contribution in [0.2, 0.25) is 6.04 Å². The molecule has 0 heterocycles. The summed E-state index contributed by atoms with van der Waals surface area (Å²) in [6, 6.07) is 1.31. The highest BCUT2D eigenvalue weighted by atomic mass is 28.2. The average Bonchev–Trinajstić information content (AvgIpc) is 2.17. The van der Waals surface area contributed by atoms with Crippen molar-refractivity contribution >= 4 is 9.76 Å². The first-order valence-electron chi connectivity index (χ1n) is 5.18. The maximum Gasteiger partial charge on any atom is 0.161 e. The van der Waals surface area contributed by atoms with Crippen molar-refractivity contribution in [1.82, 2.24) is 0 Å². The summed E-state index contributed by atoms with van der Waals surface area (Å²) in [4.78, 5) is 0. The summed E-state index contributed by atoms with van der Waals surface area (Å²) < 4.78 is 5.58. The van der Waals surface area contributed by atoms with Gasteiger partial charge in [0.25, 0.3) is 0 Å². The summed E-state index contributed by atoms with van der Waals surface area (Å²) in [5.41, 5.74) is 0. The molecule has 0 aliphatic rings. The van der Waals surface area contributed by atoms with Gasteiger partial charge in [0.05, 0.1) is 0 Å². The van der Waals surface area contributed by atoms with E-state index in [1.54, 1.807) is 0 Å². The summed E-state index contributed by atoms with van der Waals surface area (Å²) in [6.45, 7) is 10.7. The Balaban J connectivity index is 3.14. The lowest BCUT2D eigenvalue weighted by Gasteiger charge is -2.06. The van der Waals surface area contributed by atoms with Crippen molar-refractivity contribution in [3.63, 3.8) is 0 Å². The molecule has 2 heteroatoms. The zero-order valence-corrected chi connectivity index (χ0v) is 10.2. The Morgan fingerprint density at radius 3 is 2.62 bits per heavy atom. The first-order chi connectivity index (χ1) is 6.35. The van der Waals surface area contributed by atoms with E-state index in [0.29, 0.717) is 5.92 Å². The highest BCUT2D eigenvalue weighted by Crippen LogP contribution is 2.08. The van der Waals surface area contributed by atoms with Crippen molar-refractivity contribution in [2.24, 2.45) is 5.92 Å². The van der Waals surface area contributed by atoms with Gasteiger partial charge in [-0.3, -0.25) is 0 Å². The molecule has 0 aromatic rings. The van der Waals surface area contributed by atoms with Crippen molar-refractivity contribution in [3.8, 4) is 0 Å². The fourth-order valence-electron chi connectivity index (χ4n) is 1.10. The molecule has 0 rings (SSSR count). The molecular formula is C11H22OSi. The number of rotatable bonds is 9. The van der Waals surface area contributed by atoms with Crippen LogP contribution < -0.4 is 0 Å². The summed E-state index contributed by atoms with van der Waals surface area (Å²) in [6.07, 6.45) is 7.45. The van der Waals surface area contributed by atoms with Crippen molar-refractivity contribution in [1.29, 1.82) is 0 Å². The second-order valence-corrected chi connectivity index (χ2v) is 4.77. The van der Waals surface area contributed by atoms with E-state index in [-0.39, 0.29) is 9.76 Å². The molecule has 1 nitrogen and oxygen atoms in total. The van der Waals surface area contributed by atoms with E-state index in [1.807, 2.05) is 12.2 Å². The Morgan fingerprint density at radius 2 is 2.08 bits per heavy atom. The van der Waals surface area contributed by atoms with Crippen LogP contribution in [-0.4, -0.2) is 16.4 Å². The molecule has 0 aliphatic heterocycles. The third-order valence-electron chi connectivity index (χ3n) is 2.07. The molecule has 0 N–H and O–H groups in total. The molecule has 0 radical (unpaired) electrons. The molecule has 0 unspecified atom stereocenters. The first-order valence-corrected chi connectivity index (χ1v) is 6.75. The molecule has 0 spiro atoms. The molecule has 0 aliphatic carbocycles. The summed E-state index contributed by atoms with van der Waals surface area (Å²) >= 11 is 0. The third-order valence-corrected chi connectivity index (χ3v) is 3.65. The molecule has 0 amide bonds. The molecule has 76 valence electrons. The molecule has 0 atom stereocenters. The van der Waals surface area contributed by atoms with Gasteiger partial charge in [-0.2, -0.15) is 0 Å².